The number of benzene rings is 1. The van der Waals surface area contributed by atoms with Crippen molar-refractivity contribution in [3.05, 3.63) is 40.9 Å². The number of nitrogens with zero attached hydrogens (tertiary/aromatic N) is 1. The highest BCUT2D eigenvalue weighted by Gasteiger charge is 2.37. The Morgan fingerprint density at radius 2 is 1.74 bits per heavy atom. The lowest BCUT2D eigenvalue weighted by atomic mass is 10.2. The molecular weight excluding hydrogens is 314 g/mol. The molecule has 0 bridgehead atoms. The normalized spacial score (nSPS) is 22.0. The van der Waals surface area contributed by atoms with Crippen LogP contribution in [0.2, 0.25) is 0 Å². The van der Waals surface area contributed by atoms with Gasteiger partial charge in [-0.05, 0) is 19.1 Å². The molecule has 0 saturated carbocycles. The number of urea groups is 1. The molecule has 1 unspecified atom stereocenters. The Morgan fingerprint density at radius 3 is 2.39 bits per heavy atom. The van der Waals surface area contributed by atoms with Crippen LogP contribution < -0.4 is 10.6 Å². The van der Waals surface area contributed by atoms with Gasteiger partial charge in [-0.15, -0.1) is 0 Å². The van der Waals surface area contributed by atoms with Crippen LogP contribution >= 0.6 is 11.8 Å². The summed E-state index contributed by atoms with van der Waals surface area (Å²) in [6.45, 7) is 1.82. The van der Waals surface area contributed by atoms with Gasteiger partial charge in [-0.3, -0.25) is 14.5 Å². The van der Waals surface area contributed by atoms with Crippen molar-refractivity contribution in [2.75, 3.05) is 0 Å². The highest BCUT2D eigenvalue weighted by molar-refractivity contribution is 8.03. The predicted octanol–water partition coefficient (Wildman–Crippen LogP) is 2.19. The number of imide groups is 1. The molecule has 23 heavy (non-hydrogen) atoms. The minimum absolute atomic E-state index is 0.211. The zero-order chi connectivity index (χ0) is 16.4. The van der Waals surface area contributed by atoms with Crippen LogP contribution in [-0.2, 0) is 9.59 Å². The third-order valence-electron chi connectivity index (χ3n) is 3.78. The summed E-state index contributed by atoms with van der Waals surface area (Å²) in [5, 5.41) is 5.46. The van der Waals surface area contributed by atoms with Gasteiger partial charge in [-0.2, -0.15) is 0 Å². The number of rotatable bonds is 3. The van der Waals surface area contributed by atoms with E-state index in [1.165, 1.54) is 16.7 Å². The third-order valence-corrected chi connectivity index (χ3v) is 5.01. The summed E-state index contributed by atoms with van der Waals surface area (Å²) in [4.78, 5) is 39.0. The Kier molecular flexibility index (Phi) is 4.38. The van der Waals surface area contributed by atoms with Crippen LogP contribution in [0.15, 0.2) is 45.8 Å². The molecule has 2 N–H and O–H groups in total. The first kappa shape index (κ1) is 15.6. The van der Waals surface area contributed by atoms with E-state index in [0.29, 0.717) is 6.42 Å². The first-order valence-corrected chi connectivity index (χ1v) is 8.21. The zero-order valence-electron chi connectivity index (χ0n) is 12.7. The highest BCUT2D eigenvalue weighted by Crippen LogP contribution is 2.33. The van der Waals surface area contributed by atoms with Gasteiger partial charge in [0, 0.05) is 34.8 Å². The molecule has 0 aromatic heterocycles. The quantitative estimate of drug-likeness (QED) is 0.832. The van der Waals surface area contributed by atoms with Gasteiger partial charge >= 0.3 is 6.03 Å². The molecular formula is C16H17N3O3S. The first-order chi connectivity index (χ1) is 11.0. The Hall–Kier alpha value is -2.28. The van der Waals surface area contributed by atoms with Crippen molar-refractivity contribution in [2.45, 2.75) is 37.2 Å². The average molecular weight is 331 g/mol. The van der Waals surface area contributed by atoms with Crippen molar-refractivity contribution in [1.82, 2.24) is 15.5 Å². The fourth-order valence-electron chi connectivity index (χ4n) is 2.65. The molecule has 1 aromatic rings. The van der Waals surface area contributed by atoms with Crippen LogP contribution in [0, 0.1) is 0 Å². The van der Waals surface area contributed by atoms with Crippen LogP contribution in [0.3, 0.4) is 0 Å². The van der Waals surface area contributed by atoms with Crippen molar-refractivity contribution in [2.24, 2.45) is 0 Å². The van der Waals surface area contributed by atoms with Gasteiger partial charge in [0.25, 0.3) is 0 Å². The number of amides is 4. The average Bonchev–Trinajstić information content (AvgIpc) is 2.78. The van der Waals surface area contributed by atoms with Crippen LogP contribution in [0.5, 0.6) is 0 Å². The van der Waals surface area contributed by atoms with Gasteiger partial charge in [0.05, 0.1) is 0 Å². The topological polar surface area (TPSA) is 78.5 Å². The van der Waals surface area contributed by atoms with Crippen molar-refractivity contribution >= 4 is 29.6 Å². The largest absolute Gasteiger partial charge is 0.320 e. The molecule has 1 aromatic carbocycles. The van der Waals surface area contributed by atoms with Crippen molar-refractivity contribution in [3.8, 4) is 0 Å². The molecule has 4 amide bonds. The van der Waals surface area contributed by atoms with Gasteiger partial charge < -0.3 is 10.6 Å². The van der Waals surface area contributed by atoms with Gasteiger partial charge in [-0.25, -0.2) is 4.79 Å². The second kappa shape index (κ2) is 6.45. The molecule has 0 aliphatic carbocycles. The van der Waals surface area contributed by atoms with Crippen LogP contribution in [0.4, 0.5) is 4.79 Å². The van der Waals surface area contributed by atoms with E-state index in [-0.39, 0.29) is 24.7 Å². The summed E-state index contributed by atoms with van der Waals surface area (Å²) in [5.41, 5.74) is 0.734. The SMILES string of the molecule is CC1=C(Sc2ccccc2)CC(N2C(=O)CCC2=O)NC(=O)N1. The lowest BCUT2D eigenvalue weighted by Gasteiger charge is -2.25. The summed E-state index contributed by atoms with van der Waals surface area (Å²) in [5.74, 6) is -0.465. The van der Waals surface area contributed by atoms with Crippen molar-refractivity contribution in [3.63, 3.8) is 0 Å². The lowest BCUT2D eigenvalue weighted by molar-refractivity contribution is -0.141. The fraction of sp³-hybridized carbons (Fsp3) is 0.312. The summed E-state index contributed by atoms with van der Waals surface area (Å²) in [6, 6.07) is 9.38. The predicted molar refractivity (Wildman–Crippen MR) is 86.2 cm³/mol. The number of nitrogens with one attached hydrogen (secondary N) is 2. The second-order valence-corrected chi connectivity index (χ2v) is 6.61. The van der Waals surface area contributed by atoms with Crippen LogP contribution in [-0.4, -0.2) is 28.9 Å². The van der Waals surface area contributed by atoms with Gasteiger partial charge in [0.1, 0.15) is 6.17 Å². The molecule has 2 aliphatic heterocycles. The molecule has 6 nitrogen and oxygen atoms in total. The number of hydrogen-bond donors (Lipinski definition) is 2. The molecule has 2 heterocycles. The minimum Gasteiger partial charge on any atom is -0.317 e. The van der Waals surface area contributed by atoms with E-state index in [1.54, 1.807) is 0 Å². The summed E-state index contributed by atoms with van der Waals surface area (Å²) in [6.07, 6.45) is 0.188. The van der Waals surface area contributed by atoms with Gasteiger partial charge in [0.15, 0.2) is 0 Å². The summed E-state index contributed by atoms with van der Waals surface area (Å²) < 4.78 is 0. The van der Waals surface area contributed by atoms with Crippen LogP contribution in [0.1, 0.15) is 26.2 Å². The monoisotopic (exact) mass is 331 g/mol. The van der Waals surface area contributed by atoms with E-state index >= 15 is 0 Å². The number of hydrogen-bond acceptors (Lipinski definition) is 4. The third kappa shape index (κ3) is 3.39. The van der Waals surface area contributed by atoms with Crippen molar-refractivity contribution < 1.29 is 14.4 Å². The van der Waals surface area contributed by atoms with Crippen molar-refractivity contribution in [1.29, 1.82) is 0 Å². The first-order valence-electron chi connectivity index (χ1n) is 7.39. The Balaban J connectivity index is 1.85. The van der Waals surface area contributed by atoms with E-state index in [4.69, 9.17) is 0 Å². The van der Waals surface area contributed by atoms with E-state index < -0.39 is 12.2 Å². The molecule has 1 saturated heterocycles. The Bertz CT molecular complexity index is 671. The van der Waals surface area contributed by atoms with E-state index in [0.717, 1.165) is 15.5 Å². The zero-order valence-corrected chi connectivity index (χ0v) is 13.5. The molecule has 3 rings (SSSR count). The molecule has 120 valence electrons. The number of carbonyl (C=O) groups is 3. The number of likely N-dealkylation sites (tertiary alicyclic amines) is 1. The van der Waals surface area contributed by atoms with E-state index in [9.17, 15) is 14.4 Å². The number of thioether (sulfide) groups is 1. The minimum atomic E-state index is -0.638. The van der Waals surface area contributed by atoms with E-state index in [2.05, 4.69) is 10.6 Å². The number of carbonyl (C=O) groups excluding carboxylic acids is 3. The molecule has 7 heteroatoms. The Labute approximate surface area is 138 Å². The molecule has 1 atom stereocenters. The Morgan fingerprint density at radius 1 is 1.09 bits per heavy atom. The summed E-state index contributed by atoms with van der Waals surface area (Å²) >= 11 is 1.53. The second-order valence-electron chi connectivity index (χ2n) is 5.44. The standard InChI is InChI=1S/C16H17N3O3S/c1-10-12(23-11-5-3-2-4-6-11)9-13(18-16(22)17-10)19-14(20)7-8-15(19)21/h2-6,13H,7-9H2,1H3,(H2,17,18,22). The maximum absolute atomic E-state index is 12.0. The lowest BCUT2D eigenvalue weighted by Crippen LogP contribution is -2.51. The molecule has 0 spiro atoms. The van der Waals surface area contributed by atoms with E-state index in [1.807, 2.05) is 37.3 Å². The number of allylic oxidation sites excluding steroid dienone is 1. The molecule has 2 aliphatic rings. The highest BCUT2D eigenvalue weighted by atomic mass is 32.2. The van der Waals surface area contributed by atoms with Gasteiger partial charge in [0.2, 0.25) is 11.8 Å². The smallest absolute Gasteiger partial charge is 0.317 e. The maximum Gasteiger partial charge on any atom is 0.320 e. The molecule has 0 radical (unpaired) electrons. The molecule has 1 fully saturated rings. The van der Waals surface area contributed by atoms with Crippen LogP contribution in [0.25, 0.3) is 0 Å². The fourth-order valence-corrected chi connectivity index (χ4v) is 3.68. The summed E-state index contributed by atoms with van der Waals surface area (Å²) in [7, 11) is 0. The maximum atomic E-state index is 12.0. The van der Waals surface area contributed by atoms with Gasteiger partial charge in [-0.1, -0.05) is 30.0 Å².